The highest BCUT2D eigenvalue weighted by atomic mass is 32.2. The quantitative estimate of drug-likeness (QED) is 0.491. The third-order valence-electron chi connectivity index (χ3n) is 1.29. The van der Waals surface area contributed by atoms with Crippen LogP contribution in [0.4, 0.5) is 0 Å². The van der Waals surface area contributed by atoms with Gasteiger partial charge in [0.05, 0.1) is 14.6 Å². The van der Waals surface area contributed by atoms with Gasteiger partial charge in [-0.2, -0.15) is 0 Å². The molecule has 0 aliphatic heterocycles. The molecule has 4 nitrogen and oxygen atoms in total. The van der Waals surface area contributed by atoms with Crippen LogP contribution in [-0.4, -0.2) is 15.4 Å². The Morgan fingerprint density at radius 1 is 1.55 bits per heavy atom. The Hall–Kier alpha value is -0.940. The molecule has 1 rings (SSSR count). The molecule has 5 heteroatoms. The molecule has 0 spiro atoms. The predicted octanol–water partition coefficient (Wildman–Crippen LogP) is 0.412. The van der Waals surface area contributed by atoms with E-state index in [1.807, 2.05) is 0 Å². The van der Waals surface area contributed by atoms with E-state index in [0.29, 0.717) is 4.90 Å². The van der Waals surface area contributed by atoms with Gasteiger partial charge in [0, 0.05) is 18.6 Å². The van der Waals surface area contributed by atoms with Gasteiger partial charge in [-0.25, -0.2) is 10.1 Å². The second kappa shape index (κ2) is 2.98. The average molecular weight is 171 g/mol. The van der Waals surface area contributed by atoms with Gasteiger partial charge in [-0.3, -0.25) is 4.98 Å². The second-order valence-electron chi connectivity index (χ2n) is 2.09. The van der Waals surface area contributed by atoms with Crippen molar-refractivity contribution in [2.45, 2.75) is 4.90 Å². The summed E-state index contributed by atoms with van der Waals surface area (Å²) < 4.78 is 14.7. The number of pyridine rings is 1. The van der Waals surface area contributed by atoms with Gasteiger partial charge >= 0.3 is 0 Å². The third-order valence-corrected chi connectivity index (χ3v) is 2.84. The van der Waals surface area contributed by atoms with Gasteiger partial charge in [-0.1, -0.05) is 0 Å². The summed E-state index contributed by atoms with van der Waals surface area (Å²) in [6.07, 6.45) is 4.61. The number of hydrogen-bond acceptors (Lipinski definition) is 3. The second-order valence-corrected chi connectivity index (χ2v) is 4.38. The predicted molar refractivity (Wildman–Crippen MR) is 43.2 cm³/mol. The molecule has 1 heterocycles. The molecule has 1 aromatic rings. The average Bonchev–Trinajstić information content (AvgIpc) is 2.06. The molecule has 0 aliphatic rings. The first-order chi connectivity index (χ1) is 5.17. The maximum Gasteiger partial charge on any atom is 0.0885 e. The minimum absolute atomic E-state index is 0.606. The van der Waals surface area contributed by atoms with Crippen LogP contribution < -0.4 is 5.84 Å². The van der Waals surface area contributed by atoms with Gasteiger partial charge in [-0.05, 0) is 12.1 Å². The molecule has 1 unspecified atom stereocenters. The molecule has 0 aliphatic carbocycles. The minimum Gasteiger partial charge on any atom is -0.265 e. The summed E-state index contributed by atoms with van der Waals surface area (Å²) in [4.78, 5) is 4.39. The lowest BCUT2D eigenvalue weighted by Crippen LogP contribution is -2.00. The Balaban J connectivity index is 3.25. The Labute approximate surface area is 65.6 Å². The molecule has 0 fully saturated rings. The van der Waals surface area contributed by atoms with E-state index in [0.717, 1.165) is 0 Å². The molecule has 0 saturated heterocycles. The van der Waals surface area contributed by atoms with Crippen molar-refractivity contribution in [3.8, 4) is 0 Å². The zero-order valence-electron chi connectivity index (χ0n) is 6.10. The van der Waals surface area contributed by atoms with Crippen molar-refractivity contribution in [1.82, 2.24) is 4.98 Å². The maximum atomic E-state index is 11.4. The zero-order chi connectivity index (χ0) is 8.32. The summed E-state index contributed by atoms with van der Waals surface area (Å²) >= 11 is 0. The first-order valence-corrected chi connectivity index (χ1v) is 4.90. The van der Waals surface area contributed by atoms with Gasteiger partial charge in [0.15, 0.2) is 0 Å². The molecule has 2 N–H and O–H groups in total. The normalized spacial score (nSPS) is 15.5. The summed E-state index contributed by atoms with van der Waals surface area (Å²) in [5, 5.41) is 0. The van der Waals surface area contributed by atoms with Crippen LogP contribution in [0, 0.1) is 0 Å². The highest BCUT2D eigenvalue weighted by Gasteiger charge is 2.02. The lowest BCUT2D eigenvalue weighted by molar-refractivity contribution is 0.679. The first-order valence-electron chi connectivity index (χ1n) is 2.98. The number of nitrogens with zero attached hydrogens (tertiary/aromatic N) is 2. The van der Waals surface area contributed by atoms with Gasteiger partial charge in [0.1, 0.15) is 0 Å². The Morgan fingerprint density at radius 3 is 2.55 bits per heavy atom. The fourth-order valence-corrected chi connectivity index (χ4v) is 1.40. The molecule has 0 aromatic carbocycles. The summed E-state index contributed by atoms with van der Waals surface area (Å²) in [6, 6.07) is 3.28. The van der Waals surface area contributed by atoms with Crippen LogP contribution in [0.25, 0.3) is 0 Å². The molecule has 60 valence electrons. The van der Waals surface area contributed by atoms with Gasteiger partial charge in [0.2, 0.25) is 0 Å². The van der Waals surface area contributed by atoms with Crippen molar-refractivity contribution in [3.63, 3.8) is 0 Å². The molecule has 1 atom stereocenters. The summed E-state index contributed by atoms with van der Waals surface area (Å²) in [6.45, 7) is 0. The van der Waals surface area contributed by atoms with Crippen LogP contribution in [0.2, 0.25) is 0 Å². The van der Waals surface area contributed by atoms with E-state index >= 15 is 0 Å². The molecule has 0 saturated carbocycles. The maximum absolute atomic E-state index is 11.4. The van der Waals surface area contributed by atoms with E-state index in [1.165, 1.54) is 6.26 Å². The van der Waals surface area contributed by atoms with Crippen LogP contribution in [0.3, 0.4) is 0 Å². The van der Waals surface area contributed by atoms with Crippen molar-refractivity contribution in [3.05, 3.63) is 24.5 Å². The third kappa shape index (κ3) is 1.75. The fraction of sp³-hybridized carbons (Fsp3) is 0.167. The van der Waals surface area contributed by atoms with E-state index < -0.39 is 9.73 Å². The summed E-state index contributed by atoms with van der Waals surface area (Å²) in [5.41, 5.74) is 0. The Morgan fingerprint density at radius 2 is 2.09 bits per heavy atom. The smallest absolute Gasteiger partial charge is 0.0885 e. The van der Waals surface area contributed by atoms with Crippen LogP contribution in [0.5, 0.6) is 0 Å². The van der Waals surface area contributed by atoms with Crippen molar-refractivity contribution in [2.75, 3.05) is 6.26 Å². The summed E-state index contributed by atoms with van der Waals surface area (Å²) in [5.74, 6) is 4.97. The zero-order valence-corrected chi connectivity index (χ0v) is 6.91. The van der Waals surface area contributed by atoms with E-state index in [1.54, 1.807) is 24.5 Å². The van der Waals surface area contributed by atoms with Crippen LogP contribution in [0.15, 0.2) is 33.9 Å². The highest BCUT2D eigenvalue weighted by Crippen LogP contribution is 2.06. The lowest BCUT2D eigenvalue weighted by atomic mass is 10.5. The molecular weight excluding hydrogens is 162 g/mol. The van der Waals surface area contributed by atoms with Crippen LogP contribution in [-0.2, 0) is 9.73 Å². The number of rotatable bonds is 1. The number of hydrogen-bond donors (Lipinski definition) is 1. The van der Waals surface area contributed by atoms with E-state index in [2.05, 4.69) is 9.46 Å². The van der Waals surface area contributed by atoms with Gasteiger partial charge in [0.25, 0.3) is 0 Å². The van der Waals surface area contributed by atoms with Crippen molar-refractivity contribution >= 4 is 9.73 Å². The Bertz CT molecular complexity index is 340. The monoisotopic (exact) mass is 171 g/mol. The van der Waals surface area contributed by atoms with Gasteiger partial charge < -0.3 is 0 Å². The molecular formula is C6H9N3OS. The molecule has 0 amide bonds. The van der Waals surface area contributed by atoms with Crippen molar-refractivity contribution in [2.24, 2.45) is 10.3 Å². The van der Waals surface area contributed by atoms with Crippen LogP contribution >= 0.6 is 0 Å². The summed E-state index contributed by atoms with van der Waals surface area (Å²) in [7, 11) is -2.39. The van der Waals surface area contributed by atoms with Gasteiger partial charge in [-0.15, -0.1) is 4.47 Å². The van der Waals surface area contributed by atoms with Crippen LogP contribution in [0.1, 0.15) is 0 Å². The molecule has 1 aromatic heterocycles. The SMILES string of the molecule is CS(=O)(=NN)c1ccncc1. The van der Waals surface area contributed by atoms with E-state index in [-0.39, 0.29) is 0 Å². The minimum atomic E-state index is -2.39. The molecule has 0 radical (unpaired) electrons. The first kappa shape index (κ1) is 8.16. The van der Waals surface area contributed by atoms with E-state index in [9.17, 15) is 4.21 Å². The lowest BCUT2D eigenvalue weighted by Gasteiger charge is -1.99. The van der Waals surface area contributed by atoms with E-state index in [4.69, 9.17) is 5.84 Å². The number of nitrogens with two attached hydrogens (primary N) is 1. The fourth-order valence-electron chi connectivity index (χ4n) is 0.652. The van der Waals surface area contributed by atoms with Crippen molar-refractivity contribution < 1.29 is 4.21 Å². The molecule has 0 bridgehead atoms. The molecule has 11 heavy (non-hydrogen) atoms. The standard InChI is InChI=1S/C6H9N3OS/c1-11(10,9-7)6-2-4-8-5-3-6/h2-5H,7H2,1H3. The Kier molecular flexibility index (Phi) is 2.21. The topological polar surface area (TPSA) is 68.3 Å². The van der Waals surface area contributed by atoms with Crippen molar-refractivity contribution in [1.29, 1.82) is 0 Å². The number of aromatic nitrogens is 1. The largest absolute Gasteiger partial charge is 0.265 e. The highest BCUT2D eigenvalue weighted by molar-refractivity contribution is 7.92.